The number of nitrogens with one attached hydrogen (secondary N) is 1. The van der Waals surface area contributed by atoms with Crippen molar-refractivity contribution < 1.29 is 9.47 Å². The van der Waals surface area contributed by atoms with Gasteiger partial charge in [0.15, 0.2) is 5.79 Å². The molecule has 0 radical (unpaired) electrons. The van der Waals surface area contributed by atoms with Gasteiger partial charge in [-0.3, -0.25) is 0 Å². The predicted octanol–water partition coefficient (Wildman–Crippen LogP) is 2.77. The Labute approximate surface area is 128 Å². The Bertz CT molecular complexity index is 427. The number of nitrogens with zero attached hydrogens (tertiary/aromatic N) is 1. The summed E-state index contributed by atoms with van der Waals surface area (Å²) in [5.41, 5.74) is 2.59. The second-order valence-electron chi connectivity index (χ2n) is 5.92. The summed E-state index contributed by atoms with van der Waals surface area (Å²) in [6, 6.07) is 8.78. The van der Waals surface area contributed by atoms with Gasteiger partial charge in [-0.2, -0.15) is 0 Å². The van der Waals surface area contributed by atoms with Crippen LogP contribution in [0.3, 0.4) is 0 Å². The topological polar surface area (TPSA) is 33.7 Å². The average molecular weight is 292 g/mol. The summed E-state index contributed by atoms with van der Waals surface area (Å²) in [6.07, 6.45) is 0.148. The van der Waals surface area contributed by atoms with Gasteiger partial charge in [0, 0.05) is 31.9 Å². The van der Waals surface area contributed by atoms with Gasteiger partial charge in [0.2, 0.25) is 0 Å². The summed E-state index contributed by atoms with van der Waals surface area (Å²) < 4.78 is 11.3. The number of benzene rings is 1. The standard InChI is InChI=1S/C17H28N2O2/c1-5-19(6-2)15-9-7-14(8-10-15)11-18-12-16-13-20-17(3,4)21-16/h7-10,16,18H,5-6,11-13H2,1-4H3. The molecule has 1 aromatic carbocycles. The van der Waals surface area contributed by atoms with Crippen molar-refractivity contribution in [2.75, 3.05) is 31.1 Å². The van der Waals surface area contributed by atoms with E-state index in [4.69, 9.17) is 9.47 Å². The second kappa shape index (κ2) is 7.25. The molecule has 4 heteroatoms. The molecule has 21 heavy (non-hydrogen) atoms. The molecule has 118 valence electrons. The average Bonchev–Trinajstić information content (AvgIpc) is 2.81. The molecule has 0 aromatic heterocycles. The van der Waals surface area contributed by atoms with E-state index in [1.807, 2.05) is 13.8 Å². The first-order valence-corrected chi connectivity index (χ1v) is 7.90. The van der Waals surface area contributed by atoms with E-state index < -0.39 is 5.79 Å². The summed E-state index contributed by atoms with van der Waals surface area (Å²) in [5.74, 6) is -0.433. The molecule has 0 spiro atoms. The molecular weight excluding hydrogens is 264 g/mol. The van der Waals surface area contributed by atoms with Crippen molar-refractivity contribution in [3.05, 3.63) is 29.8 Å². The van der Waals surface area contributed by atoms with Crippen LogP contribution >= 0.6 is 0 Å². The summed E-state index contributed by atoms with van der Waals surface area (Å²) in [6.45, 7) is 12.7. The Morgan fingerprint density at radius 3 is 2.38 bits per heavy atom. The van der Waals surface area contributed by atoms with Gasteiger partial charge in [0.25, 0.3) is 0 Å². The van der Waals surface area contributed by atoms with Crippen molar-refractivity contribution in [2.24, 2.45) is 0 Å². The van der Waals surface area contributed by atoms with Crippen LogP contribution in [-0.4, -0.2) is 38.1 Å². The number of rotatable bonds is 7. The molecule has 1 aliphatic heterocycles. The largest absolute Gasteiger partial charge is 0.372 e. The van der Waals surface area contributed by atoms with E-state index >= 15 is 0 Å². The Morgan fingerprint density at radius 2 is 1.86 bits per heavy atom. The lowest BCUT2D eigenvalue weighted by atomic mass is 10.2. The SMILES string of the molecule is CCN(CC)c1ccc(CNCC2COC(C)(C)O2)cc1. The highest BCUT2D eigenvalue weighted by Crippen LogP contribution is 2.21. The van der Waals surface area contributed by atoms with Crippen LogP contribution < -0.4 is 10.2 Å². The number of ether oxygens (including phenoxy) is 2. The van der Waals surface area contributed by atoms with Crippen LogP contribution in [0.4, 0.5) is 5.69 Å². The van der Waals surface area contributed by atoms with Gasteiger partial charge in [0.1, 0.15) is 0 Å². The molecule has 1 N–H and O–H groups in total. The van der Waals surface area contributed by atoms with Gasteiger partial charge in [-0.15, -0.1) is 0 Å². The molecule has 1 aromatic rings. The van der Waals surface area contributed by atoms with Crippen LogP contribution in [-0.2, 0) is 16.0 Å². The van der Waals surface area contributed by atoms with Crippen molar-refractivity contribution >= 4 is 5.69 Å². The summed E-state index contributed by atoms with van der Waals surface area (Å²) >= 11 is 0. The second-order valence-corrected chi connectivity index (χ2v) is 5.92. The Balaban J connectivity index is 1.76. The minimum absolute atomic E-state index is 0.148. The fourth-order valence-electron chi connectivity index (χ4n) is 2.65. The van der Waals surface area contributed by atoms with Gasteiger partial charge in [-0.25, -0.2) is 0 Å². The quantitative estimate of drug-likeness (QED) is 0.838. The lowest BCUT2D eigenvalue weighted by molar-refractivity contribution is -0.137. The smallest absolute Gasteiger partial charge is 0.163 e. The zero-order valence-corrected chi connectivity index (χ0v) is 13.7. The molecule has 0 bridgehead atoms. The summed E-state index contributed by atoms with van der Waals surface area (Å²) in [7, 11) is 0. The van der Waals surface area contributed by atoms with Crippen molar-refractivity contribution in [2.45, 2.75) is 46.1 Å². The van der Waals surface area contributed by atoms with Crippen LogP contribution in [0.1, 0.15) is 33.3 Å². The monoisotopic (exact) mass is 292 g/mol. The minimum Gasteiger partial charge on any atom is -0.372 e. The molecule has 1 saturated heterocycles. The highest BCUT2D eigenvalue weighted by molar-refractivity contribution is 5.47. The van der Waals surface area contributed by atoms with Gasteiger partial charge in [-0.1, -0.05) is 12.1 Å². The molecule has 2 rings (SSSR count). The van der Waals surface area contributed by atoms with Gasteiger partial charge in [0.05, 0.1) is 12.7 Å². The van der Waals surface area contributed by atoms with Crippen LogP contribution in [0.15, 0.2) is 24.3 Å². The maximum Gasteiger partial charge on any atom is 0.163 e. The fourth-order valence-corrected chi connectivity index (χ4v) is 2.65. The molecular formula is C17H28N2O2. The number of hydrogen-bond acceptors (Lipinski definition) is 4. The maximum absolute atomic E-state index is 5.77. The minimum atomic E-state index is -0.433. The van der Waals surface area contributed by atoms with Crippen molar-refractivity contribution in [1.29, 1.82) is 0 Å². The van der Waals surface area contributed by atoms with Crippen LogP contribution in [0, 0.1) is 0 Å². The molecule has 0 aliphatic carbocycles. The highest BCUT2D eigenvalue weighted by Gasteiger charge is 2.32. The fraction of sp³-hybridized carbons (Fsp3) is 0.647. The Hall–Kier alpha value is -1.10. The summed E-state index contributed by atoms with van der Waals surface area (Å²) in [4.78, 5) is 2.35. The molecule has 1 heterocycles. The van der Waals surface area contributed by atoms with Gasteiger partial charge in [-0.05, 0) is 45.4 Å². The first kappa shape index (κ1) is 16.3. The third-order valence-electron chi connectivity index (χ3n) is 3.83. The van der Waals surface area contributed by atoms with Crippen LogP contribution in [0.2, 0.25) is 0 Å². The van der Waals surface area contributed by atoms with Crippen molar-refractivity contribution in [1.82, 2.24) is 5.32 Å². The number of anilines is 1. The van der Waals surface area contributed by atoms with E-state index in [1.165, 1.54) is 11.3 Å². The zero-order valence-electron chi connectivity index (χ0n) is 13.7. The summed E-state index contributed by atoms with van der Waals surface area (Å²) in [5, 5.41) is 3.44. The molecule has 4 nitrogen and oxygen atoms in total. The molecule has 1 fully saturated rings. The van der Waals surface area contributed by atoms with Gasteiger partial charge >= 0.3 is 0 Å². The first-order valence-electron chi connectivity index (χ1n) is 7.90. The lowest BCUT2D eigenvalue weighted by Gasteiger charge is -2.21. The van der Waals surface area contributed by atoms with Crippen LogP contribution in [0.25, 0.3) is 0 Å². The first-order chi connectivity index (χ1) is 10.0. The predicted molar refractivity (Wildman–Crippen MR) is 86.6 cm³/mol. The molecule has 0 amide bonds. The van der Waals surface area contributed by atoms with Gasteiger partial charge < -0.3 is 19.7 Å². The van der Waals surface area contributed by atoms with E-state index in [9.17, 15) is 0 Å². The van der Waals surface area contributed by atoms with E-state index in [2.05, 4.69) is 48.3 Å². The highest BCUT2D eigenvalue weighted by atomic mass is 16.7. The van der Waals surface area contributed by atoms with Crippen LogP contribution in [0.5, 0.6) is 0 Å². The Kier molecular flexibility index (Phi) is 5.62. The molecule has 0 saturated carbocycles. The third-order valence-corrected chi connectivity index (χ3v) is 3.83. The van der Waals surface area contributed by atoms with E-state index in [0.29, 0.717) is 6.61 Å². The molecule has 1 aliphatic rings. The third kappa shape index (κ3) is 4.70. The number of hydrogen-bond donors (Lipinski definition) is 1. The zero-order chi connectivity index (χ0) is 15.3. The lowest BCUT2D eigenvalue weighted by Crippen LogP contribution is -2.30. The van der Waals surface area contributed by atoms with E-state index in [0.717, 1.165) is 26.2 Å². The molecule has 1 unspecified atom stereocenters. The normalized spacial score (nSPS) is 20.7. The van der Waals surface area contributed by atoms with Crippen molar-refractivity contribution in [3.63, 3.8) is 0 Å². The molecule has 1 atom stereocenters. The van der Waals surface area contributed by atoms with E-state index in [-0.39, 0.29) is 6.10 Å². The van der Waals surface area contributed by atoms with E-state index in [1.54, 1.807) is 0 Å². The maximum atomic E-state index is 5.77. The van der Waals surface area contributed by atoms with Crippen molar-refractivity contribution in [3.8, 4) is 0 Å². The Morgan fingerprint density at radius 1 is 1.19 bits per heavy atom.